The highest BCUT2D eigenvalue weighted by Crippen LogP contribution is 2.31. The lowest BCUT2D eigenvalue weighted by Crippen LogP contribution is -2.33. The van der Waals surface area contributed by atoms with Crippen LogP contribution in [-0.4, -0.2) is 31.8 Å². The lowest BCUT2D eigenvalue weighted by atomic mass is 10.2. The maximum Gasteiger partial charge on any atom is 0.254 e. The second kappa shape index (κ2) is 5.63. The number of halogens is 2. The molecular weight excluding hydrogens is 368 g/mol. The minimum Gasteiger partial charge on any atom is -0.336 e. The predicted octanol–water partition coefficient (Wildman–Crippen LogP) is 2.37. The van der Waals surface area contributed by atoms with E-state index in [9.17, 15) is 13.2 Å². The second-order valence-electron chi connectivity index (χ2n) is 4.80. The van der Waals surface area contributed by atoms with E-state index in [2.05, 4.69) is 15.9 Å². The van der Waals surface area contributed by atoms with Gasteiger partial charge < -0.3 is 4.90 Å². The summed E-state index contributed by atoms with van der Waals surface area (Å²) in [4.78, 5) is 14.0. The summed E-state index contributed by atoms with van der Waals surface area (Å²) >= 11 is 9.05. The third-order valence-corrected chi connectivity index (χ3v) is 5.94. The molecule has 8 heteroatoms. The van der Waals surface area contributed by atoms with Crippen molar-refractivity contribution in [3.63, 3.8) is 0 Å². The number of carbonyl (C=O) groups excluding carboxylic acids is 1. The van der Waals surface area contributed by atoms with Crippen molar-refractivity contribution in [3.8, 4) is 0 Å². The number of primary sulfonamides is 1. The quantitative estimate of drug-likeness (QED) is 0.854. The molecule has 1 heterocycles. The van der Waals surface area contributed by atoms with Gasteiger partial charge in [0.2, 0.25) is 10.0 Å². The first-order chi connectivity index (χ1) is 9.21. The van der Waals surface area contributed by atoms with Gasteiger partial charge in [-0.25, -0.2) is 13.6 Å². The van der Waals surface area contributed by atoms with Crippen LogP contribution in [0.15, 0.2) is 21.5 Å². The van der Waals surface area contributed by atoms with Crippen molar-refractivity contribution in [2.24, 2.45) is 5.14 Å². The summed E-state index contributed by atoms with van der Waals surface area (Å²) < 4.78 is 23.2. The maximum atomic E-state index is 12.4. The van der Waals surface area contributed by atoms with E-state index in [0.29, 0.717) is 6.54 Å². The lowest BCUT2D eigenvalue weighted by molar-refractivity contribution is 0.0747. The van der Waals surface area contributed by atoms with Crippen molar-refractivity contribution in [3.05, 3.63) is 27.2 Å². The Morgan fingerprint density at radius 1 is 1.50 bits per heavy atom. The number of hydrogen-bond acceptors (Lipinski definition) is 3. The van der Waals surface area contributed by atoms with Crippen molar-refractivity contribution in [1.82, 2.24) is 4.90 Å². The van der Waals surface area contributed by atoms with Gasteiger partial charge in [0.15, 0.2) is 0 Å². The molecule has 1 saturated heterocycles. The number of amides is 1. The number of nitrogens with zero attached hydrogens (tertiary/aromatic N) is 1. The Kier molecular flexibility index (Phi) is 4.44. The molecule has 1 aliphatic rings. The fraction of sp³-hybridized carbons (Fsp3) is 0.417. The van der Waals surface area contributed by atoms with Gasteiger partial charge in [0.25, 0.3) is 5.91 Å². The Bertz CT molecular complexity index is 663. The predicted molar refractivity (Wildman–Crippen MR) is 80.3 cm³/mol. The third-order valence-electron chi connectivity index (χ3n) is 3.36. The fourth-order valence-corrected chi connectivity index (χ4v) is 4.13. The molecule has 0 saturated carbocycles. The average Bonchev–Trinajstić information content (AvgIpc) is 2.76. The molecule has 1 aromatic carbocycles. The van der Waals surface area contributed by atoms with E-state index in [1.165, 1.54) is 12.1 Å². The molecule has 1 unspecified atom stereocenters. The topological polar surface area (TPSA) is 80.5 Å². The zero-order valence-corrected chi connectivity index (χ0v) is 13.9. The zero-order chi connectivity index (χ0) is 15.1. The number of rotatable bonds is 2. The van der Waals surface area contributed by atoms with Gasteiger partial charge >= 0.3 is 0 Å². The second-order valence-corrected chi connectivity index (χ2v) is 7.54. The first kappa shape index (κ1) is 15.8. The highest BCUT2D eigenvalue weighted by molar-refractivity contribution is 9.10. The Balaban J connectivity index is 2.48. The molecule has 0 bridgehead atoms. The lowest BCUT2D eigenvalue weighted by Gasteiger charge is -2.22. The molecule has 0 aromatic heterocycles. The van der Waals surface area contributed by atoms with Crippen LogP contribution in [0.4, 0.5) is 0 Å². The summed E-state index contributed by atoms with van der Waals surface area (Å²) in [5.74, 6) is -0.227. The van der Waals surface area contributed by atoms with E-state index in [-0.39, 0.29) is 31.9 Å². The first-order valence-electron chi connectivity index (χ1n) is 6.04. The van der Waals surface area contributed by atoms with E-state index in [0.717, 1.165) is 12.8 Å². The van der Waals surface area contributed by atoms with Crippen molar-refractivity contribution in [1.29, 1.82) is 0 Å². The number of hydrogen-bond donors (Lipinski definition) is 1. The van der Waals surface area contributed by atoms with Crippen molar-refractivity contribution < 1.29 is 13.2 Å². The Labute approximate surface area is 131 Å². The van der Waals surface area contributed by atoms with E-state index < -0.39 is 10.0 Å². The van der Waals surface area contributed by atoms with E-state index in [1.807, 2.05) is 6.92 Å². The minimum atomic E-state index is -3.95. The van der Waals surface area contributed by atoms with Crippen LogP contribution < -0.4 is 5.14 Å². The average molecular weight is 382 g/mol. The Morgan fingerprint density at radius 3 is 2.65 bits per heavy atom. The normalized spacial score (nSPS) is 19.4. The standard InChI is InChI=1S/C12H14BrClN2O3S/c1-7-3-2-4-16(7)12(17)8-5-9(14)11(13)10(6-8)20(15,18)19/h5-7H,2-4H2,1H3,(H2,15,18,19). The summed E-state index contributed by atoms with van der Waals surface area (Å²) in [5, 5.41) is 5.28. The molecule has 20 heavy (non-hydrogen) atoms. The summed E-state index contributed by atoms with van der Waals surface area (Å²) in [7, 11) is -3.95. The molecule has 1 aliphatic heterocycles. The molecule has 5 nitrogen and oxygen atoms in total. The monoisotopic (exact) mass is 380 g/mol. The minimum absolute atomic E-state index is 0.142. The van der Waals surface area contributed by atoms with Gasteiger partial charge in [-0.05, 0) is 47.8 Å². The van der Waals surface area contributed by atoms with Crippen LogP contribution in [0.3, 0.4) is 0 Å². The Morgan fingerprint density at radius 2 is 2.15 bits per heavy atom. The van der Waals surface area contributed by atoms with Gasteiger partial charge in [-0.1, -0.05) is 11.6 Å². The van der Waals surface area contributed by atoms with Crippen LogP contribution in [0.5, 0.6) is 0 Å². The molecule has 110 valence electrons. The maximum absolute atomic E-state index is 12.4. The van der Waals surface area contributed by atoms with Crippen LogP contribution in [0.25, 0.3) is 0 Å². The highest BCUT2D eigenvalue weighted by Gasteiger charge is 2.28. The number of likely N-dealkylation sites (tertiary alicyclic amines) is 1. The van der Waals surface area contributed by atoms with Gasteiger partial charge in [-0.3, -0.25) is 4.79 Å². The van der Waals surface area contributed by atoms with Crippen LogP contribution in [0.2, 0.25) is 5.02 Å². The molecule has 2 N–H and O–H groups in total. The molecular formula is C12H14BrClN2O3S. The SMILES string of the molecule is CC1CCCN1C(=O)c1cc(Cl)c(Br)c(S(N)(=O)=O)c1. The molecule has 2 rings (SSSR count). The highest BCUT2D eigenvalue weighted by atomic mass is 79.9. The third kappa shape index (κ3) is 3.00. The van der Waals surface area contributed by atoms with Gasteiger partial charge in [-0.15, -0.1) is 0 Å². The van der Waals surface area contributed by atoms with E-state index >= 15 is 0 Å². The number of benzene rings is 1. The molecule has 0 aliphatic carbocycles. The van der Waals surface area contributed by atoms with Crippen LogP contribution in [0, 0.1) is 0 Å². The summed E-state index contributed by atoms with van der Waals surface area (Å²) in [6.45, 7) is 2.63. The van der Waals surface area contributed by atoms with E-state index in [4.69, 9.17) is 16.7 Å². The van der Waals surface area contributed by atoms with E-state index in [1.54, 1.807) is 4.90 Å². The fourth-order valence-electron chi connectivity index (χ4n) is 2.30. The van der Waals surface area contributed by atoms with Crippen LogP contribution in [-0.2, 0) is 10.0 Å². The van der Waals surface area contributed by atoms with Crippen LogP contribution >= 0.6 is 27.5 Å². The van der Waals surface area contributed by atoms with Crippen LogP contribution in [0.1, 0.15) is 30.1 Å². The smallest absolute Gasteiger partial charge is 0.254 e. The molecule has 1 fully saturated rings. The van der Waals surface area contributed by atoms with Crippen molar-refractivity contribution >= 4 is 43.5 Å². The van der Waals surface area contributed by atoms with Gasteiger partial charge in [0.05, 0.1) is 14.4 Å². The molecule has 1 atom stereocenters. The van der Waals surface area contributed by atoms with Gasteiger partial charge in [0.1, 0.15) is 0 Å². The van der Waals surface area contributed by atoms with Gasteiger partial charge in [-0.2, -0.15) is 0 Å². The number of nitrogens with two attached hydrogens (primary N) is 1. The van der Waals surface area contributed by atoms with Crippen molar-refractivity contribution in [2.75, 3.05) is 6.54 Å². The number of sulfonamides is 1. The van der Waals surface area contributed by atoms with Crippen molar-refractivity contribution in [2.45, 2.75) is 30.7 Å². The first-order valence-corrected chi connectivity index (χ1v) is 8.76. The largest absolute Gasteiger partial charge is 0.336 e. The van der Waals surface area contributed by atoms with Gasteiger partial charge in [0, 0.05) is 18.2 Å². The number of carbonyl (C=O) groups is 1. The summed E-state index contributed by atoms with van der Waals surface area (Å²) in [5.41, 5.74) is 0.232. The Hall–Kier alpha value is -0.630. The molecule has 1 aromatic rings. The molecule has 0 radical (unpaired) electrons. The molecule has 1 amide bonds. The zero-order valence-electron chi connectivity index (χ0n) is 10.8. The summed E-state index contributed by atoms with van der Waals surface area (Å²) in [6, 6.07) is 2.86. The summed E-state index contributed by atoms with van der Waals surface area (Å²) in [6.07, 6.45) is 1.89. The molecule has 0 spiro atoms.